The number of rotatable bonds is 10. The van der Waals surface area contributed by atoms with Crippen LogP contribution in [0.5, 0.6) is 0 Å². The van der Waals surface area contributed by atoms with Crippen molar-refractivity contribution in [1.29, 1.82) is 0 Å². The lowest BCUT2D eigenvalue weighted by molar-refractivity contribution is -0.136. The van der Waals surface area contributed by atoms with Crippen LogP contribution in [0.25, 0.3) is 22.5 Å². The Bertz CT molecular complexity index is 2090. The number of nitrogens with one attached hydrogen (secondary N) is 4. The molecule has 0 aliphatic carbocycles. The van der Waals surface area contributed by atoms with Crippen LogP contribution in [0, 0.1) is 23.7 Å². The second-order valence-corrected chi connectivity index (χ2v) is 15.4. The van der Waals surface area contributed by atoms with Crippen LogP contribution in [0.2, 0.25) is 0 Å². The maximum atomic E-state index is 13.6. The van der Waals surface area contributed by atoms with Crippen molar-refractivity contribution in [2.24, 2.45) is 11.8 Å². The third-order valence-corrected chi connectivity index (χ3v) is 10.4. The van der Waals surface area contributed by atoms with Crippen LogP contribution in [0.4, 0.5) is 9.59 Å². The number of hydrogen-bond donors (Lipinski definition) is 4. The lowest BCUT2D eigenvalue weighted by Crippen LogP contribution is -2.51. The summed E-state index contributed by atoms with van der Waals surface area (Å²) in [6, 6.07) is 13.5. The first-order valence-electron chi connectivity index (χ1n) is 19.2. The molecule has 4 aromatic rings. The van der Waals surface area contributed by atoms with Gasteiger partial charge in [-0.05, 0) is 60.1 Å². The molecule has 4 heterocycles. The zero-order valence-electron chi connectivity index (χ0n) is 33.7. The van der Waals surface area contributed by atoms with Crippen LogP contribution in [-0.2, 0) is 19.1 Å². The number of likely N-dealkylation sites (tertiary alicyclic amines) is 2. The summed E-state index contributed by atoms with van der Waals surface area (Å²) in [6.07, 6.45) is 3.33. The number of H-pyrrole nitrogens is 2. The second kappa shape index (κ2) is 17.7. The van der Waals surface area contributed by atoms with Gasteiger partial charge >= 0.3 is 12.2 Å². The van der Waals surface area contributed by atoms with E-state index in [-0.39, 0.29) is 35.7 Å². The van der Waals surface area contributed by atoms with Crippen molar-refractivity contribution in [1.82, 2.24) is 40.4 Å². The van der Waals surface area contributed by atoms with Gasteiger partial charge < -0.3 is 39.9 Å². The maximum Gasteiger partial charge on any atom is 0.407 e. The van der Waals surface area contributed by atoms with E-state index >= 15 is 0 Å². The molecule has 58 heavy (non-hydrogen) atoms. The molecular weight excluding hydrogens is 737 g/mol. The predicted octanol–water partition coefficient (Wildman–Crippen LogP) is 6.29. The number of nitrogens with zero attached hydrogens (tertiary/aromatic N) is 4. The maximum absolute atomic E-state index is 13.6. The summed E-state index contributed by atoms with van der Waals surface area (Å²) < 4.78 is 9.50. The van der Waals surface area contributed by atoms with Gasteiger partial charge in [-0.3, -0.25) is 9.59 Å². The molecule has 2 aliphatic rings. The Morgan fingerprint density at radius 2 is 1.03 bits per heavy atom. The molecule has 302 valence electrons. The fourth-order valence-corrected chi connectivity index (χ4v) is 7.22. The summed E-state index contributed by atoms with van der Waals surface area (Å²) in [7, 11) is 2.54. The van der Waals surface area contributed by atoms with E-state index in [9.17, 15) is 19.2 Å². The molecule has 0 spiro atoms. The molecule has 2 fully saturated rings. The van der Waals surface area contributed by atoms with Crippen molar-refractivity contribution in [3.8, 4) is 34.4 Å². The molecule has 2 aromatic carbocycles. The molecule has 2 aromatic heterocycles. The number of carbonyl (C=O) groups is 4. The first-order chi connectivity index (χ1) is 27.8. The highest BCUT2D eigenvalue weighted by molar-refractivity contribution is 5.87. The zero-order chi connectivity index (χ0) is 41.7. The summed E-state index contributed by atoms with van der Waals surface area (Å²) in [5, 5.41) is 5.34. The first-order valence-corrected chi connectivity index (χ1v) is 19.2. The van der Waals surface area contributed by atoms with E-state index in [0.29, 0.717) is 37.6 Å². The molecule has 4 amide bonds. The Labute approximate surface area is 338 Å². The number of amides is 4. The number of aromatic nitrogens is 4. The standard InChI is InChI=1S/C44H50N8O6/c1-25(2)37(49-43(55)57-7)41(53)51-23-27(5)19-35(51)39-45-21-33(47-39)31-15-11-29(12-16-31)9-10-30-13-17-32(18-14-30)34-22-46-40(48-34)36-20-28(6)24-52(36)42(54)38(26(3)4)50-44(56)58-8/h11-18,21-22,25-26,35-38H,5-6,19-20,23-24H2,1-4,7-8H3,(H,45,47)(H,46,48)(H,49,55)(H,50,56)/t35-,36-,37-,38-/m0/s1. The normalized spacial score (nSPS) is 17.5. The smallest absolute Gasteiger partial charge is 0.407 e. The Morgan fingerprint density at radius 1 is 0.672 bits per heavy atom. The first kappa shape index (κ1) is 41.0. The van der Waals surface area contributed by atoms with Crippen LogP contribution in [0.15, 0.2) is 85.2 Å². The molecule has 0 bridgehead atoms. The molecular formula is C44H50N8O6. The van der Waals surface area contributed by atoms with Gasteiger partial charge in [-0.15, -0.1) is 0 Å². The third-order valence-electron chi connectivity index (χ3n) is 10.4. The minimum atomic E-state index is -0.746. The fourth-order valence-electron chi connectivity index (χ4n) is 7.22. The van der Waals surface area contributed by atoms with E-state index in [4.69, 9.17) is 9.47 Å². The van der Waals surface area contributed by atoms with E-state index in [2.05, 4.69) is 55.6 Å². The predicted molar refractivity (Wildman–Crippen MR) is 219 cm³/mol. The largest absolute Gasteiger partial charge is 0.453 e. The summed E-state index contributed by atoms with van der Waals surface area (Å²) in [6.45, 7) is 16.5. The second-order valence-electron chi connectivity index (χ2n) is 15.4. The van der Waals surface area contributed by atoms with Gasteiger partial charge in [0.15, 0.2) is 0 Å². The van der Waals surface area contributed by atoms with Gasteiger partial charge in [0.25, 0.3) is 0 Å². The lowest BCUT2D eigenvalue weighted by Gasteiger charge is -2.29. The highest BCUT2D eigenvalue weighted by Gasteiger charge is 2.40. The number of alkyl carbamates (subject to hydrolysis) is 2. The van der Waals surface area contributed by atoms with Crippen LogP contribution in [-0.4, -0.2) is 93.1 Å². The molecule has 6 rings (SSSR count). The molecule has 2 saturated heterocycles. The van der Waals surface area contributed by atoms with Crippen molar-refractivity contribution >= 4 is 24.0 Å². The molecule has 2 aliphatic heterocycles. The average molecular weight is 787 g/mol. The Morgan fingerprint density at radius 3 is 1.36 bits per heavy atom. The van der Waals surface area contributed by atoms with Gasteiger partial charge in [-0.1, -0.05) is 88.1 Å². The number of aromatic amines is 2. The number of methoxy groups -OCH3 is 2. The van der Waals surface area contributed by atoms with Crippen molar-refractivity contribution in [2.45, 2.75) is 64.7 Å². The highest BCUT2D eigenvalue weighted by Crippen LogP contribution is 2.36. The van der Waals surface area contributed by atoms with Crippen molar-refractivity contribution in [3.05, 3.63) is 108 Å². The molecule has 14 nitrogen and oxygen atoms in total. The van der Waals surface area contributed by atoms with Crippen molar-refractivity contribution in [2.75, 3.05) is 27.3 Å². The highest BCUT2D eigenvalue weighted by atomic mass is 16.5. The van der Waals surface area contributed by atoms with Gasteiger partial charge in [0.1, 0.15) is 23.7 Å². The summed E-state index contributed by atoms with van der Waals surface area (Å²) >= 11 is 0. The van der Waals surface area contributed by atoms with E-state index in [1.807, 2.05) is 76.2 Å². The van der Waals surface area contributed by atoms with Gasteiger partial charge in [-0.25, -0.2) is 19.6 Å². The topological polar surface area (TPSA) is 175 Å². The minimum Gasteiger partial charge on any atom is -0.453 e. The van der Waals surface area contributed by atoms with Crippen molar-refractivity contribution < 1.29 is 28.7 Å². The van der Waals surface area contributed by atoms with E-state index in [1.165, 1.54) is 14.2 Å². The number of carbonyl (C=O) groups excluding carboxylic acids is 4. The van der Waals surface area contributed by atoms with Crippen LogP contribution in [0.1, 0.15) is 75.4 Å². The number of ether oxygens (including phenoxy) is 2. The summed E-state index contributed by atoms with van der Waals surface area (Å²) in [4.78, 5) is 70.6. The van der Waals surface area contributed by atoms with Gasteiger partial charge in [0.05, 0.1) is 50.1 Å². The lowest BCUT2D eigenvalue weighted by atomic mass is 10.0. The third kappa shape index (κ3) is 9.15. The van der Waals surface area contributed by atoms with Crippen LogP contribution >= 0.6 is 0 Å². The summed E-state index contributed by atoms with van der Waals surface area (Å²) in [5.41, 5.74) is 6.94. The fraction of sp³-hybridized carbons (Fsp3) is 0.364. The molecule has 0 unspecified atom stereocenters. The number of imidazole rings is 2. The Hall–Kier alpha value is -6.62. The van der Waals surface area contributed by atoms with E-state index < -0.39 is 24.3 Å². The Kier molecular flexibility index (Phi) is 12.5. The molecule has 0 saturated carbocycles. The quantitative estimate of drug-likeness (QED) is 0.107. The average Bonchev–Trinajstić information content (AvgIpc) is 4.04. The van der Waals surface area contributed by atoms with Gasteiger partial charge in [0, 0.05) is 24.2 Å². The van der Waals surface area contributed by atoms with Crippen LogP contribution in [0.3, 0.4) is 0 Å². The summed E-state index contributed by atoms with van der Waals surface area (Å²) in [5.74, 6) is 7.04. The SMILES string of the molecule is C=C1C[C@@H](c2ncc(-c3ccc(C#Cc4ccc(-c5cnc([C@@H]6CC(=C)CN6C(=O)[C@@H](NC(=O)OC)C(C)C)[nH]5)cc4)cc3)[nH]2)N(C(=O)[C@@H](NC(=O)OC)C(C)C)C1. The van der Waals surface area contributed by atoms with Gasteiger partial charge in [-0.2, -0.15) is 0 Å². The molecule has 0 radical (unpaired) electrons. The zero-order valence-corrected chi connectivity index (χ0v) is 33.7. The van der Waals surface area contributed by atoms with E-state index in [0.717, 1.165) is 44.8 Å². The molecule has 4 atom stereocenters. The minimum absolute atomic E-state index is 0.148. The number of benzene rings is 2. The Balaban J connectivity index is 1.10. The number of hydrogen-bond acceptors (Lipinski definition) is 8. The van der Waals surface area contributed by atoms with Crippen LogP contribution < -0.4 is 10.6 Å². The molecule has 4 N–H and O–H groups in total. The van der Waals surface area contributed by atoms with E-state index in [1.54, 1.807) is 22.2 Å². The molecule has 14 heteroatoms. The monoisotopic (exact) mass is 786 g/mol. The van der Waals surface area contributed by atoms with Crippen molar-refractivity contribution in [3.63, 3.8) is 0 Å². The van der Waals surface area contributed by atoms with Gasteiger partial charge in [0.2, 0.25) is 11.8 Å².